The normalized spacial score (nSPS) is 13.2. The molecular weight excluding hydrogens is 646 g/mol. The number of aliphatic carboxylic acids is 1. The van der Waals surface area contributed by atoms with Crippen molar-refractivity contribution in [1.29, 1.82) is 0 Å². The number of quaternary nitrogens is 1. The molecule has 0 bridgehead atoms. The van der Waals surface area contributed by atoms with Crippen LogP contribution in [0.4, 0.5) is 0 Å². The van der Waals surface area contributed by atoms with Gasteiger partial charge in [0, 0.05) is 12.8 Å². The Hall–Kier alpha value is -2.23. The van der Waals surface area contributed by atoms with Crippen molar-refractivity contribution in [3.05, 3.63) is 24.3 Å². The third-order valence-corrected chi connectivity index (χ3v) is 8.67. The first-order valence-electron chi connectivity index (χ1n) is 20.5. The molecule has 0 aromatic heterocycles. The monoisotopic (exact) mass is 724 g/mol. The van der Waals surface area contributed by atoms with Crippen molar-refractivity contribution in [3.63, 3.8) is 0 Å². The standard InChI is InChI=1S/C42H77NO8/c1-6-8-10-12-14-16-18-20-22-24-26-28-30-32-39(44)49-36-38(37-50-42(41(46)47)48-35-34-43(3,4)5)51-40(45)33-31-29-27-25-23-21-19-17-15-13-11-9-7-2/h16-19,38,42H,6-15,20-37H2,1-5H3/b18-16-,19-17-. The first-order chi connectivity index (χ1) is 24.6. The third kappa shape index (κ3) is 35.9. The predicted molar refractivity (Wildman–Crippen MR) is 205 cm³/mol. The van der Waals surface area contributed by atoms with Crippen LogP contribution in [0.2, 0.25) is 0 Å². The minimum Gasteiger partial charge on any atom is -0.545 e. The Bertz CT molecular complexity index is 898. The van der Waals surface area contributed by atoms with Crippen molar-refractivity contribution < 1.29 is 42.9 Å². The molecule has 51 heavy (non-hydrogen) atoms. The van der Waals surface area contributed by atoms with E-state index in [0.29, 0.717) is 17.4 Å². The number of carbonyl (C=O) groups is 3. The molecule has 0 amide bonds. The molecule has 0 aromatic carbocycles. The van der Waals surface area contributed by atoms with Crippen LogP contribution in [0.1, 0.15) is 168 Å². The molecule has 0 rings (SSSR count). The van der Waals surface area contributed by atoms with E-state index in [1.54, 1.807) is 0 Å². The van der Waals surface area contributed by atoms with E-state index in [1.807, 2.05) is 21.1 Å². The molecule has 0 aromatic rings. The van der Waals surface area contributed by atoms with Gasteiger partial charge in [0.2, 0.25) is 0 Å². The van der Waals surface area contributed by atoms with Crippen molar-refractivity contribution in [1.82, 2.24) is 0 Å². The van der Waals surface area contributed by atoms with Gasteiger partial charge in [0.1, 0.15) is 13.2 Å². The fourth-order valence-corrected chi connectivity index (χ4v) is 5.40. The highest BCUT2D eigenvalue weighted by Gasteiger charge is 2.21. The quantitative estimate of drug-likeness (QED) is 0.0206. The Balaban J connectivity index is 4.53. The number of hydrogen-bond donors (Lipinski definition) is 0. The van der Waals surface area contributed by atoms with E-state index >= 15 is 0 Å². The Labute approximate surface area is 312 Å². The lowest BCUT2D eigenvalue weighted by Gasteiger charge is -2.26. The summed E-state index contributed by atoms with van der Waals surface area (Å²) in [5, 5.41) is 11.6. The summed E-state index contributed by atoms with van der Waals surface area (Å²) >= 11 is 0. The van der Waals surface area contributed by atoms with E-state index in [2.05, 4.69) is 38.2 Å². The van der Waals surface area contributed by atoms with Gasteiger partial charge in [-0.1, -0.05) is 115 Å². The number of rotatable bonds is 37. The second-order valence-electron chi connectivity index (χ2n) is 14.9. The Kier molecular flexibility index (Phi) is 33.3. The highest BCUT2D eigenvalue weighted by Crippen LogP contribution is 2.13. The van der Waals surface area contributed by atoms with Crippen molar-refractivity contribution in [2.75, 3.05) is 47.5 Å². The van der Waals surface area contributed by atoms with Gasteiger partial charge < -0.3 is 33.3 Å². The lowest BCUT2D eigenvalue weighted by atomic mass is 10.1. The zero-order chi connectivity index (χ0) is 37.8. The molecule has 0 aliphatic carbocycles. The number of carboxylic acid groups (broad SMARTS) is 1. The number of hydrogen-bond acceptors (Lipinski definition) is 8. The summed E-state index contributed by atoms with van der Waals surface area (Å²) in [6.45, 7) is 4.67. The molecule has 2 atom stereocenters. The second kappa shape index (κ2) is 34.8. The second-order valence-corrected chi connectivity index (χ2v) is 14.9. The average Bonchev–Trinajstić information content (AvgIpc) is 3.08. The van der Waals surface area contributed by atoms with Crippen molar-refractivity contribution in [2.45, 2.75) is 180 Å². The predicted octanol–water partition coefficient (Wildman–Crippen LogP) is 8.77. The third-order valence-electron chi connectivity index (χ3n) is 8.67. The van der Waals surface area contributed by atoms with Gasteiger partial charge >= 0.3 is 11.9 Å². The summed E-state index contributed by atoms with van der Waals surface area (Å²) in [6.07, 6.45) is 32.0. The van der Waals surface area contributed by atoms with E-state index in [4.69, 9.17) is 18.9 Å². The van der Waals surface area contributed by atoms with Crippen LogP contribution >= 0.6 is 0 Å². The SMILES string of the molecule is CCCCCC/C=C\CCCCCCCC(=O)OCC(COC(OCC[N+](C)(C)C)C(=O)[O-])OC(=O)CCCCCCC/C=C\CCCCCC. The molecule has 0 heterocycles. The first kappa shape index (κ1) is 48.8. The highest BCUT2D eigenvalue weighted by molar-refractivity contribution is 5.70. The average molecular weight is 724 g/mol. The van der Waals surface area contributed by atoms with Gasteiger partial charge in [-0.2, -0.15) is 0 Å². The molecule has 0 aliphatic heterocycles. The molecule has 0 radical (unpaired) electrons. The summed E-state index contributed by atoms with van der Waals surface area (Å²) in [5.74, 6) is -2.31. The minimum absolute atomic E-state index is 0.146. The number of ether oxygens (including phenoxy) is 4. The Morgan fingerprint density at radius 2 is 1.00 bits per heavy atom. The summed E-state index contributed by atoms with van der Waals surface area (Å²) in [5.41, 5.74) is 0. The molecular formula is C42H77NO8. The zero-order valence-electron chi connectivity index (χ0n) is 33.5. The van der Waals surface area contributed by atoms with Gasteiger partial charge in [0.25, 0.3) is 0 Å². The molecule has 0 saturated heterocycles. The summed E-state index contributed by atoms with van der Waals surface area (Å²) in [4.78, 5) is 36.8. The van der Waals surface area contributed by atoms with Crippen molar-refractivity contribution in [2.24, 2.45) is 0 Å². The Morgan fingerprint density at radius 3 is 1.45 bits per heavy atom. The maximum absolute atomic E-state index is 12.7. The minimum atomic E-state index is -1.62. The lowest BCUT2D eigenvalue weighted by molar-refractivity contribution is -0.870. The van der Waals surface area contributed by atoms with E-state index in [-0.39, 0.29) is 38.6 Å². The van der Waals surface area contributed by atoms with Gasteiger partial charge in [-0.25, -0.2) is 0 Å². The van der Waals surface area contributed by atoms with Crippen LogP contribution in [0.3, 0.4) is 0 Å². The van der Waals surface area contributed by atoms with E-state index in [9.17, 15) is 19.5 Å². The molecule has 0 N–H and O–H groups in total. The molecule has 0 aliphatic rings. The van der Waals surface area contributed by atoms with E-state index < -0.39 is 24.3 Å². The highest BCUT2D eigenvalue weighted by atomic mass is 16.7. The van der Waals surface area contributed by atoms with E-state index in [1.165, 1.54) is 64.2 Å². The number of unbranched alkanes of at least 4 members (excludes halogenated alkanes) is 18. The van der Waals surface area contributed by atoms with Crippen LogP contribution in [-0.2, 0) is 33.3 Å². The number of carbonyl (C=O) groups excluding carboxylic acids is 3. The number of carboxylic acids is 1. The fraction of sp³-hybridized carbons (Fsp3) is 0.833. The first-order valence-corrected chi connectivity index (χ1v) is 20.5. The van der Waals surface area contributed by atoms with E-state index in [0.717, 1.165) is 70.6 Å². The van der Waals surface area contributed by atoms with Gasteiger partial charge in [-0.05, 0) is 64.2 Å². The topological polar surface area (TPSA) is 111 Å². The summed E-state index contributed by atoms with van der Waals surface area (Å²) in [7, 11) is 5.89. The number of likely N-dealkylation sites (N-methyl/N-ethyl adjacent to an activating group) is 1. The van der Waals surface area contributed by atoms with Crippen LogP contribution in [0.5, 0.6) is 0 Å². The van der Waals surface area contributed by atoms with Crippen LogP contribution in [0, 0.1) is 0 Å². The maximum Gasteiger partial charge on any atom is 0.306 e. The van der Waals surface area contributed by atoms with Crippen molar-refractivity contribution >= 4 is 17.9 Å². The van der Waals surface area contributed by atoms with Gasteiger partial charge in [-0.15, -0.1) is 0 Å². The Morgan fingerprint density at radius 1 is 0.569 bits per heavy atom. The summed E-state index contributed by atoms with van der Waals surface area (Å²) in [6, 6.07) is 0. The van der Waals surface area contributed by atoms with Crippen LogP contribution < -0.4 is 5.11 Å². The maximum atomic E-state index is 12.7. The zero-order valence-corrected chi connectivity index (χ0v) is 33.5. The fourth-order valence-electron chi connectivity index (χ4n) is 5.40. The smallest absolute Gasteiger partial charge is 0.306 e. The molecule has 0 spiro atoms. The molecule has 0 saturated carbocycles. The number of nitrogens with zero attached hydrogens (tertiary/aromatic N) is 1. The number of esters is 2. The molecule has 9 heteroatoms. The molecule has 298 valence electrons. The van der Waals surface area contributed by atoms with Crippen LogP contribution in [-0.4, -0.2) is 82.3 Å². The van der Waals surface area contributed by atoms with Crippen LogP contribution in [0.15, 0.2) is 24.3 Å². The number of allylic oxidation sites excluding steroid dienone is 4. The van der Waals surface area contributed by atoms with Gasteiger partial charge in [0.05, 0.1) is 40.3 Å². The van der Waals surface area contributed by atoms with Gasteiger partial charge in [0.15, 0.2) is 12.4 Å². The molecule has 9 nitrogen and oxygen atoms in total. The summed E-state index contributed by atoms with van der Waals surface area (Å²) < 4.78 is 22.4. The van der Waals surface area contributed by atoms with Crippen LogP contribution in [0.25, 0.3) is 0 Å². The lowest BCUT2D eigenvalue weighted by Crippen LogP contribution is -2.44. The molecule has 0 fully saturated rings. The largest absolute Gasteiger partial charge is 0.545 e. The molecule has 2 unspecified atom stereocenters. The van der Waals surface area contributed by atoms with Gasteiger partial charge in [-0.3, -0.25) is 9.59 Å². The van der Waals surface area contributed by atoms with Crippen molar-refractivity contribution in [3.8, 4) is 0 Å².